The molecule has 1 atom stereocenters. The summed E-state index contributed by atoms with van der Waals surface area (Å²) in [6.07, 6.45) is -4.36. The van der Waals surface area contributed by atoms with Crippen molar-refractivity contribution < 1.29 is 23.0 Å². The monoisotopic (exact) mass is 409 g/mol. The van der Waals surface area contributed by atoms with Crippen LogP contribution in [0.25, 0.3) is 0 Å². The summed E-state index contributed by atoms with van der Waals surface area (Å²) in [7, 11) is 0. The standard InChI is InChI=1S/C21H26F3N3O2/c1-2-25-20(27-13-18(14-28)17-6-4-3-5-7-17)26-12-16-8-10-19(11-9-16)29-15-21(22,23)24/h3-11,18,28H,2,12-15H2,1H3,(H2,25,26,27). The van der Waals surface area contributed by atoms with E-state index in [1.807, 2.05) is 37.3 Å². The van der Waals surface area contributed by atoms with Gasteiger partial charge in [0.1, 0.15) is 5.75 Å². The number of benzene rings is 2. The summed E-state index contributed by atoms with van der Waals surface area (Å²) in [4.78, 5) is 4.49. The van der Waals surface area contributed by atoms with E-state index in [2.05, 4.69) is 15.6 Å². The lowest BCUT2D eigenvalue weighted by atomic mass is 10.0. The molecular weight excluding hydrogens is 383 g/mol. The number of aliphatic hydroxyl groups excluding tert-OH is 1. The van der Waals surface area contributed by atoms with Crippen molar-refractivity contribution in [2.45, 2.75) is 25.6 Å². The molecule has 0 radical (unpaired) electrons. The van der Waals surface area contributed by atoms with Crippen LogP contribution in [0.1, 0.15) is 24.0 Å². The number of rotatable bonds is 9. The molecule has 0 bridgehead atoms. The lowest BCUT2D eigenvalue weighted by Gasteiger charge is -2.18. The summed E-state index contributed by atoms with van der Waals surface area (Å²) >= 11 is 0. The summed E-state index contributed by atoms with van der Waals surface area (Å²) in [5.74, 6) is 0.693. The number of alkyl halides is 3. The van der Waals surface area contributed by atoms with Gasteiger partial charge in [-0.15, -0.1) is 0 Å². The number of halogens is 3. The largest absolute Gasteiger partial charge is 0.484 e. The molecule has 0 heterocycles. The van der Waals surface area contributed by atoms with E-state index in [-0.39, 0.29) is 18.3 Å². The predicted octanol–water partition coefficient (Wildman–Crippen LogP) is 3.46. The Morgan fingerprint density at radius 2 is 1.76 bits per heavy atom. The summed E-state index contributed by atoms with van der Waals surface area (Å²) in [6.45, 7) is 2.18. The fourth-order valence-corrected chi connectivity index (χ4v) is 2.60. The number of aliphatic imine (C=N–C) groups is 1. The zero-order chi connectivity index (χ0) is 21.1. The van der Waals surface area contributed by atoms with Gasteiger partial charge in [0, 0.05) is 19.0 Å². The molecule has 3 N–H and O–H groups in total. The number of ether oxygens (including phenoxy) is 1. The van der Waals surface area contributed by atoms with Crippen molar-refractivity contribution in [3.63, 3.8) is 0 Å². The van der Waals surface area contributed by atoms with Gasteiger partial charge in [-0.05, 0) is 30.2 Å². The summed E-state index contributed by atoms with van der Waals surface area (Å²) in [6, 6.07) is 16.1. The molecule has 0 fully saturated rings. The second-order valence-corrected chi connectivity index (χ2v) is 6.41. The molecule has 8 heteroatoms. The Labute approximate surface area is 168 Å². The minimum atomic E-state index is -4.36. The Kier molecular flexibility index (Phi) is 8.79. The van der Waals surface area contributed by atoms with Crippen LogP contribution >= 0.6 is 0 Å². The minimum absolute atomic E-state index is 0.00973. The van der Waals surface area contributed by atoms with E-state index in [0.29, 0.717) is 25.6 Å². The third kappa shape index (κ3) is 8.43. The molecule has 0 saturated heterocycles. The molecule has 0 spiro atoms. The van der Waals surface area contributed by atoms with E-state index >= 15 is 0 Å². The second-order valence-electron chi connectivity index (χ2n) is 6.41. The van der Waals surface area contributed by atoms with Crippen LogP contribution in [-0.4, -0.2) is 43.5 Å². The lowest BCUT2D eigenvalue weighted by Crippen LogP contribution is -2.39. The average molecular weight is 409 g/mol. The molecule has 158 valence electrons. The molecule has 0 aliphatic carbocycles. The third-order valence-electron chi connectivity index (χ3n) is 4.10. The van der Waals surface area contributed by atoms with Crippen LogP contribution in [0.15, 0.2) is 59.6 Å². The van der Waals surface area contributed by atoms with E-state index in [0.717, 1.165) is 11.1 Å². The van der Waals surface area contributed by atoms with Gasteiger partial charge in [-0.25, -0.2) is 4.99 Å². The van der Waals surface area contributed by atoms with Gasteiger partial charge < -0.3 is 20.5 Å². The number of hydrogen-bond donors (Lipinski definition) is 3. The van der Waals surface area contributed by atoms with Crippen molar-refractivity contribution in [3.8, 4) is 5.75 Å². The van der Waals surface area contributed by atoms with Crippen molar-refractivity contribution in [1.82, 2.24) is 10.6 Å². The molecule has 0 aliphatic rings. The first-order valence-electron chi connectivity index (χ1n) is 9.37. The maximum Gasteiger partial charge on any atom is 0.422 e. The highest BCUT2D eigenvalue weighted by atomic mass is 19.4. The van der Waals surface area contributed by atoms with Crippen LogP contribution < -0.4 is 15.4 Å². The van der Waals surface area contributed by atoms with Crippen LogP contribution in [0.5, 0.6) is 5.75 Å². The normalized spacial score (nSPS) is 13.1. The molecular formula is C21H26F3N3O2. The molecule has 29 heavy (non-hydrogen) atoms. The highest BCUT2D eigenvalue weighted by Crippen LogP contribution is 2.19. The Morgan fingerprint density at radius 1 is 1.07 bits per heavy atom. The Morgan fingerprint density at radius 3 is 2.34 bits per heavy atom. The van der Waals surface area contributed by atoms with Crippen LogP contribution in [0.4, 0.5) is 13.2 Å². The fourth-order valence-electron chi connectivity index (χ4n) is 2.60. The maximum absolute atomic E-state index is 12.2. The smallest absolute Gasteiger partial charge is 0.422 e. The van der Waals surface area contributed by atoms with Crippen LogP contribution in [-0.2, 0) is 6.54 Å². The average Bonchev–Trinajstić information content (AvgIpc) is 2.72. The van der Waals surface area contributed by atoms with E-state index in [9.17, 15) is 18.3 Å². The van der Waals surface area contributed by atoms with Gasteiger partial charge in [0.05, 0.1) is 13.2 Å². The summed E-state index contributed by atoms with van der Waals surface area (Å²) < 4.78 is 41.3. The first-order chi connectivity index (χ1) is 13.9. The van der Waals surface area contributed by atoms with Gasteiger partial charge in [-0.2, -0.15) is 13.2 Å². The molecule has 0 saturated carbocycles. The molecule has 1 unspecified atom stereocenters. The first-order valence-corrected chi connectivity index (χ1v) is 9.37. The number of nitrogens with one attached hydrogen (secondary N) is 2. The second kappa shape index (κ2) is 11.3. The number of aliphatic hydroxyl groups is 1. The Bertz CT molecular complexity index is 750. The predicted molar refractivity (Wildman–Crippen MR) is 107 cm³/mol. The minimum Gasteiger partial charge on any atom is -0.484 e. The quantitative estimate of drug-likeness (QED) is 0.438. The molecule has 0 amide bonds. The summed E-state index contributed by atoms with van der Waals surface area (Å²) in [5.41, 5.74) is 1.87. The van der Waals surface area contributed by atoms with Crippen molar-refractivity contribution in [1.29, 1.82) is 0 Å². The van der Waals surface area contributed by atoms with Crippen molar-refractivity contribution in [3.05, 3.63) is 65.7 Å². The molecule has 2 rings (SSSR count). The van der Waals surface area contributed by atoms with Crippen molar-refractivity contribution in [2.75, 3.05) is 26.3 Å². The van der Waals surface area contributed by atoms with Gasteiger partial charge >= 0.3 is 6.18 Å². The van der Waals surface area contributed by atoms with Crippen LogP contribution in [0, 0.1) is 0 Å². The highest BCUT2D eigenvalue weighted by Gasteiger charge is 2.28. The van der Waals surface area contributed by atoms with Gasteiger partial charge in [0.15, 0.2) is 12.6 Å². The third-order valence-corrected chi connectivity index (χ3v) is 4.10. The van der Waals surface area contributed by atoms with Crippen molar-refractivity contribution >= 4 is 5.96 Å². The van der Waals surface area contributed by atoms with Crippen LogP contribution in [0.3, 0.4) is 0 Å². The van der Waals surface area contributed by atoms with E-state index < -0.39 is 12.8 Å². The van der Waals surface area contributed by atoms with Crippen molar-refractivity contribution in [2.24, 2.45) is 4.99 Å². The Hall–Kier alpha value is -2.74. The fraction of sp³-hybridized carbons (Fsp3) is 0.381. The zero-order valence-electron chi connectivity index (χ0n) is 16.2. The van der Waals surface area contributed by atoms with E-state index in [1.165, 1.54) is 12.1 Å². The zero-order valence-corrected chi connectivity index (χ0v) is 16.2. The molecule has 5 nitrogen and oxygen atoms in total. The first kappa shape index (κ1) is 22.5. The number of nitrogens with zero attached hydrogens (tertiary/aromatic N) is 1. The van der Waals surface area contributed by atoms with E-state index in [4.69, 9.17) is 4.74 Å². The van der Waals surface area contributed by atoms with Gasteiger partial charge in [-0.3, -0.25) is 0 Å². The molecule has 0 aliphatic heterocycles. The van der Waals surface area contributed by atoms with Crippen LogP contribution in [0.2, 0.25) is 0 Å². The maximum atomic E-state index is 12.2. The SMILES string of the molecule is CCNC(=NCc1ccc(OCC(F)(F)F)cc1)NCC(CO)c1ccccc1. The number of guanidine groups is 1. The van der Waals surface area contributed by atoms with Gasteiger partial charge in [0.25, 0.3) is 0 Å². The lowest BCUT2D eigenvalue weighted by molar-refractivity contribution is -0.153. The Balaban J connectivity index is 1.92. The number of hydrogen-bond acceptors (Lipinski definition) is 3. The molecule has 2 aromatic carbocycles. The van der Waals surface area contributed by atoms with Gasteiger partial charge in [-0.1, -0.05) is 42.5 Å². The highest BCUT2D eigenvalue weighted by molar-refractivity contribution is 5.79. The topological polar surface area (TPSA) is 65.9 Å². The van der Waals surface area contributed by atoms with Gasteiger partial charge in [0.2, 0.25) is 0 Å². The van der Waals surface area contributed by atoms with E-state index in [1.54, 1.807) is 12.1 Å². The molecule has 0 aromatic heterocycles. The molecule has 2 aromatic rings. The summed E-state index contributed by atoms with van der Waals surface area (Å²) in [5, 5.41) is 16.0.